The van der Waals surface area contributed by atoms with Crippen molar-refractivity contribution in [1.82, 2.24) is 15.5 Å². The van der Waals surface area contributed by atoms with Crippen LogP contribution < -0.4 is 10.2 Å². The zero-order valence-electron chi connectivity index (χ0n) is 16.7. The minimum Gasteiger partial charge on any atom is -0.353 e. The van der Waals surface area contributed by atoms with E-state index in [2.05, 4.69) is 20.4 Å². The summed E-state index contributed by atoms with van der Waals surface area (Å²) in [7, 11) is 0. The number of piperidine rings is 1. The van der Waals surface area contributed by atoms with Gasteiger partial charge in [-0.3, -0.25) is 4.79 Å². The van der Waals surface area contributed by atoms with E-state index in [1.54, 1.807) is 0 Å². The van der Waals surface area contributed by atoms with E-state index in [9.17, 15) is 4.79 Å². The number of nitrogens with one attached hydrogen (secondary N) is 1. The Morgan fingerprint density at radius 2 is 1.79 bits per heavy atom. The third kappa shape index (κ3) is 4.37. The van der Waals surface area contributed by atoms with E-state index in [4.69, 9.17) is 4.52 Å². The number of carbonyl (C=O) groups is 1. The summed E-state index contributed by atoms with van der Waals surface area (Å²) < 4.78 is 5.51. The summed E-state index contributed by atoms with van der Waals surface area (Å²) in [5.41, 5.74) is 2.12. The molecule has 1 N–H and O–H groups in total. The summed E-state index contributed by atoms with van der Waals surface area (Å²) >= 11 is 0. The summed E-state index contributed by atoms with van der Waals surface area (Å²) in [6.07, 6.45) is 9.02. The number of hydrogen-bond donors (Lipinski definition) is 1. The zero-order valence-corrected chi connectivity index (χ0v) is 16.7. The Kier molecular flexibility index (Phi) is 5.93. The van der Waals surface area contributed by atoms with Crippen molar-refractivity contribution in [2.75, 3.05) is 18.0 Å². The van der Waals surface area contributed by atoms with E-state index >= 15 is 0 Å². The first-order valence-corrected chi connectivity index (χ1v) is 10.7. The summed E-state index contributed by atoms with van der Waals surface area (Å²) in [5.74, 6) is 0.956. The Labute approximate surface area is 166 Å². The number of hydrogen-bond acceptors (Lipinski definition) is 5. The van der Waals surface area contributed by atoms with Gasteiger partial charge in [0, 0.05) is 30.6 Å². The van der Waals surface area contributed by atoms with Crippen molar-refractivity contribution in [1.29, 1.82) is 0 Å². The Morgan fingerprint density at radius 3 is 2.50 bits per heavy atom. The number of amides is 1. The van der Waals surface area contributed by atoms with E-state index in [0.717, 1.165) is 49.9 Å². The van der Waals surface area contributed by atoms with Gasteiger partial charge in [-0.25, -0.2) is 0 Å². The van der Waals surface area contributed by atoms with Gasteiger partial charge in [0.05, 0.1) is 0 Å². The van der Waals surface area contributed by atoms with Crippen molar-refractivity contribution >= 4 is 11.9 Å². The van der Waals surface area contributed by atoms with Crippen molar-refractivity contribution in [3.8, 4) is 11.4 Å². The van der Waals surface area contributed by atoms with Gasteiger partial charge in [-0.15, -0.1) is 0 Å². The van der Waals surface area contributed by atoms with E-state index in [1.165, 1.54) is 25.7 Å². The third-order valence-electron chi connectivity index (χ3n) is 6.14. The molecule has 1 aromatic heterocycles. The summed E-state index contributed by atoms with van der Waals surface area (Å²) in [4.78, 5) is 19.4. The van der Waals surface area contributed by atoms with E-state index in [-0.39, 0.29) is 11.8 Å². The SMILES string of the molecule is Cc1ccccc1-c1noc(N2CCC(C(=O)NC3CCCCCC3)CC2)n1. The first kappa shape index (κ1) is 19.0. The molecule has 0 atom stereocenters. The molecular weight excluding hydrogens is 352 g/mol. The van der Waals surface area contributed by atoms with Crippen LogP contribution in [0.25, 0.3) is 11.4 Å². The van der Waals surface area contributed by atoms with Crippen LogP contribution in [0.3, 0.4) is 0 Å². The van der Waals surface area contributed by atoms with Gasteiger partial charge >= 0.3 is 6.01 Å². The van der Waals surface area contributed by atoms with Crippen LogP contribution in [-0.2, 0) is 4.79 Å². The number of rotatable bonds is 4. The molecule has 0 spiro atoms. The fourth-order valence-corrected chi connectivity index (χ4v) is 4.35. The molecule has 0 bridgehead atoms. The van der Waals surface area contributed by atoms with Crippen molar-refractivity contribution in [2.45, 2.75) is 64.3 Å². The molecule has 1 aliphatic heterocycles. The quantitative estimate of drug-likeness (QED) is 0.806. The maximum Gasteiger partial charge on any atom is 0.324 e. The van der Waals surface area contributed by atoms with Gasteiger partial charge in [-0.2, -0.15) is 4.98 Å². The molecule has 0 unspecified atom stereocenters. The molecule has 4 rings (SSSR count). The lowest BCUT2D eigenvalue weighted by Crippen LogP contribution is -2.43. The van der Waals surface area contributed by atoms with E-state index < -0.39 is 0 Å². The molecule has 2 aromatic rings. The second kappa shape index (κ2) is 8.76. The molecule has 1 amide bonds. The Bertz CT molecular complexity index is 787. The molecular formula is C22H30N4O2. The lowest BCUT2D eigenvalue weighted by atomic mass is 9.95. The summed E-state index contributed by atoms with van der Waals surface area (Å²) in [6.45, 7) is 3.60. The first-order chi connectivity index (χ1) is 13.7. The molecule has 6 nitrogen and oxygen atoms in total. The fourth-order valence-electron chi connectivity index (χ4n) is 4.35. The van der Waals surface area contributed by atoms with Crippen molar-refractivity contribution in [3.05, 3.63) is 29.8 Å². The molecule has 1 aliphatic carbocycles. The highest BCUT2D eigenvalue weighted by Crippen LogP contribution is 2.26. The van der Waals surface area contributed by atoms with Crippen LogP contribution in [0.5, 0.6) is 0 Å². The summed E-state index contributed by atoms with van der Waals surface area (Å²) in [5, 5.41) is 7.46. The van der Waals surface area contributed by atoms with Crippen LogP contribution in [0.1, 0.15) is 56.9 Å². The topological polar surface area (TPSA) is 71.3 Å². The lowest BCUT2D eigenvalue weighted by Gasteiger charge is -2.30. The Morgan fingerprint density at radius 1 is 1.07 bits per heavy atom. The molecule has 1 aromatic carbocycles. The maximum atomic E-state index is 12.7. The molecule has 1 saturated carbocycles. The van der Waals surface area contributed by atoms with Crippen LogP contribution in [0.4, 0.5) is 6.01 Å². The smallest absolute Gasteiger partial charge is 0.324 e. The summed E-state index contributed by atoms with van der Waals surface area (Å²) in [6, 6.07) is 8.97. The molecule has 2 heterocycles. The van der Waals surface area contributed by atoms with Gasteiger partial charge in [0.25, 0.3) is 0 Å². The molecule has 6 heteroatoms. The molecule has 2 aliphatic rings. The van der Waals surface area contributed by atoms with Gasteiger partial charge in [-0.1, -0.05) is 55.1 Å². The van der Waals surface area contributed by atoms with E-state index in [1.807, 2.05) is 31.2 Å². The second-order valence-electron chi connectivity index (χ2n) is 8.17. The highest BCUT2D eigenvalue weighted by molar-refractivity contribution is 5.79. The minimum absolute atomic E-state index is 0.0956. The Balaban J connectivity index is 1.32. The molecule has 1 saturated heterocycles. The molecule has 150 valence electrons. The van der Waals surface area contributed by atoms with Gasteiger partial charge < -0.3 is 14.7 Å². The average Bonchev–Trinajstić information content (AvgIpc) is 3.06. The monoisotopic (exact) mass is 382 g/mol. The van der Waals surface area contributed by atoms with Gasteiger partial charge in [0.1, 0.15) is 0 Å². The minimum atomic E-state index is 0.0956. The van der Waals surface area contributed by atoms with Crippen molar-refractivity contribution in [3.63, 3.8) is 0 Å². The van der Waals surface area contributed by atoms with Crippen LogP contribution in [0.15, 0.2) is 28.8 Å². The van der Waals surface area contributed by atoms with Crippen molar-refractivity contribution in [2.24, 2.45) is 5.92 Å². The fraction of sp³-hybridized carbons (Fsp3) is 0.591. The molecule has 0 radical (unpaired) electrons. The highest BCUT2D eigenvalue weighted by atomic mass is 16.5. The van der Waals surface area contributed by atoms with Gasteiger partial charge in [0.2, 0.25) is 11.7 Å². The van der Waals surface area contributed by atoms with Gasteiger partial charge in [-0.05, 0) is 38.2 Å². The number of anilines is 1. The van der Waals surface area contributed by atoms with Crippen LogP contribution in [0.2, 0.25) is 0 Å². The maximum absolute atomic E-state index is 12.7. The molecule has 28 heavy (non-hydrogen) atoms. The van der Waals surface area contributed by atoms with Crippen LogP contribution >= 0.6 is 0 Å². The third-order valence-corrected chi connectivity index (χ3v) is 6.14. The number of aromatic nitrogens is 2. The standard InChI is InChI=1S/C22H30N4O2/c1-16-8-6-7-11-19(16)20-24-22(28-25-20)26-14-12-17(13-15-26)21(27)23-18-9-4-2-3-5-10-18/h6-8,11,17-18H,2-5,9-10,12-15H2,1H3,(H,23,27). The number of aryl methyl sites for hydroxylation is 1. The van der Waals surface area contributed by atoms with Crippen molar-refractivity contribution < 1.29 is 9.32 Å². The van der Waals surface area contributed by atoms with Gasteiger partial charge in [0.15, 0.2) is 0 Å². The number of benzene rings is 1. The molecule has 2 fully saturated rings. The number of carbonyl (C=O) groups excluding carboxylic acids is 1. The lowest BCUT2D eigenvalue weighted by molar-refractivity contribution is -0.126. The predicted molar refractivity (Wildman–Crippen MR) is 109 cm³/mol. The van der Waals surface area contributed by atoms with Crippen LogP contribution in [-0.4, -0.2) is 35.2 Å². The largest absolute Gasteiger partial charge is 0.353 e. The average molecular weight is 383 g/mol. The number of nitrogens with zero attached hydrogens (tertiary/aromatic N) is 3. The predicted octanol–water partition coefficient (Wildman–Crippen LogP) is 4.10. The first-order valence-electron chi connectivity index (χ1n) is 10.7. The zero-order chi connectivity index (χ0) is 19.3. The Hall–Kier alpha value is -2.37. The normalized spacial score (nSPS) is 19.4. The second-order valence-corrected chi connectivity index (χ2v) is 8.17. The highest BCUT2D eigenvalue weighted by Gasteiger charge is 2.29. The van der Waals surface area contributed by atoms with E-state index in [0.29, 0.717) is 17.9 Å². The van der Waals surface area contributed by atoms with Crippen LogP contribution in [0, 0.1) is 12.8 Å².